The minimum atomic E-state index is -6.02. The van der Waals surface area contributed by atoms with Crippen LogP contribution >= 0.6 is 0 Å². The summed E-state index contributed by atoms with van der Waals surface area (Å²) in [6, 6.07) is 11.3. The fourth-order valence-corrected chi connectivity index (χ4v) is 5.86. The molecule has 3 aromatic carbocycles. The highest BCUT2D eigenvalue weighted by Crippen LogP contribution is 2.55. The molecule has 0 radical (unpaired) electrons. The van der Waals surface area contributed by atoms with E-state index in [-0.39, 0.29) is 10.5 Å². The molecule has 0 saturated carbocycles. The molecule has 0 spiro atoms. The number of rotatable bonds is 5. The van der Waals surface area contributed by atoms with Crippen LogP contribution in [0.25, 0.3) is 33.5 Å². The van der Waals surface area contributed by atoms with Gasteiger partial charge in [-0.2, -0.15) is 34.8 Å². The van der Waals surface area contributed by atoms with Crippen molar-refractivity contribution >= 4 is 20.0 Å². The first-order chi connectivity index (χ1) is 18.4. The van der Waals surface area contributed by atoms with Crippen LogP contribution in [0.3, 0.4) is 0 Å². The van der Waals surface area contributed by atoms with Crippen LogP contribution in [0, 0.1) is 0 Å². The molecule has 1 aromatic heterocycles. The molecule has 1 N–H and O–H groups in total. The van der Waals surface area contributed by atoms with Crippen LogP contribution in [0.5, 0.6) is 0 Å². The van der Waals surface area contributed by atoms with Gasteiger partial charge in [-0.05, 0) is 29.3 Å². The Bertz CT molecular complexity index is 1790. The molecule has 0 fully saturated rings. The minimum Gasteiger partial charge on any atom is -0.282 e. The van der Waals surface area contributed by atoms with Crippen LogP contribution in [-0.4, -0.2) is 37.6 Å². The van der Waals surface area contributed by atoms with Gasteiger partial charge in [-0.3, -0.25) is 4.55 Å². The van der Waals surface area contributed by atoms with E-state index in [9.17, 15) is 47.7 Å². The smallest absolute Gasteiger partial charge is 0.282 e. The Morgan fingerprint density at radius 3 is 1.70 bits per heavy atom. The third kappa shape index (κ3) is 5.57. The third-order valence-corrected chi connectivity index (χ3v) is 7.80. The van der Waals surface area contributed by atoms with Crippen LogP contribution in [0.1, 0.15) is 11.1 Å². The van der Waals surface area contributed by atoms with E-state index in [1.165, 1.54) is 30.3 Å². The summed E-state index contributed by atoms with van der Waals surface area (Å²) >= 11 is 0. The van der Waals surface area contributed by atoms with Crippen molar-refractivity contribution in [2.24, 2.45) is 0 Å². The van der Waals surface area contributed by atoms with Crippen molar-refractivity contribution in [1.29, 1.82) is 0 Å². The number of alkyl halides is 6. The Hall–Kier alpha value is -3.82. The SMILES string of the molecule is CS(=O)(=O)c1ccc(-c2c(-c3ccccc3)c(-c3ccncn3)c(C(F)(F)F)c(C(F)(F)F)c2S(=O)(=O)O)cc1. The number of hydrogen-bond donors (Lipinski definition) is 1. The monoisotopic (exact) mass is 602 g/mol. The first-order valence-electron chi connectivity index (χ1n) is 10.9. The Balaban J connectivity index is 2.43. The number of benzene rings is 3. The summed E-state index contributed by atoms with van der Waals surface area (Å²) in [5.41, 5.74) is -8.96. The molecule has 4 rings (SSSR count). The van der Waals surface area contributed by atoms with Gasteiger partial charge in [0.25, 0.3) is 10.1 Å². The molecule has 0 aliphatic carbocycles. The second-order valence-electron chi connectivity index (χ2n) is 8.43. The van der Waals surface area contributed by atoms with Crippen LogP contribution in [0.15, 0.2) is 83.0 Å². The first kappa shape index (κ1) is 29.2. The maximum atomic E-state index is 14.6. The van der Waals surface area contributed by atoms with E-state index in [0.717, 1.165) is 49.1 Å². The molecular formula is C25H16F6N2O5S2. The van der Waals surface area contributed by atoms with Gasteiger partial charge in [0.2, 0.25) is 0 Å². The van der Waals surface area contributed by atoms with Gasteiger partial charge in [0.1, 0.15) is 11.2 Å². The highest BCUT2D eigenvalue weighted by molar-refractivity contribution is 7.90. The van der Waals surface area contributed by atoms with E-state index in [1.54, 1.807) is 0 Å². The highest BCUT2D eigenvalue weighted by Gasteiger charge is 2.51. The van der Waals surface area contributed by atoms with Gasteiger partial charge in [-0.15, -0.1) is 0 Å². The lowest BCUT2D eigenvalue weighted by molar-refractivity contribution is -0.163. The quantitative estimate of drug-likeness (QED) is 0.215. The average molecular weight is 603 g/mol. The van der Waals surface area contributed by atoms with Crippen LogP contribution < -0.4 is 0 Å². The summed E-state index contributed by atoms with van der Waals surface area (Å²) in [7, 11) is -9.84. The predicted molar refractivity (Wildman–Crippen MR) is 131 cm³/mol. The van der Waals surface area contributed by atoms with Crippen molar-refractivity contribution in [3.05, 3.63) is 84.3 Å². The van der Waals surface area contributed by atoms with Crippen LogP contribution in [0.4, 0.5) is 26.3 Å². The molecule has 0 unspecified atom stereocenters. The van der Waals surface area contributed by atoms with Crippen LogP contribution in [0.2, 0.25) is 0 Å². The summed E-state index contributed by atoms with van der Waals surface area (Å²) in [6.45, 7) is 0. The average Bonchev–Trinajstić information content (AvgIpc) is 2.86. The molecule has 0 bridgehead atoms. The van der Waals surface area contributed by atoms with E-state index < -0.39 is 76.3 Å². The number of hydrogen-bond acceptors (Lipinski definition) is 6. The molecule has 7 nitrogen and oxygen atoms in total. The summed E-state index contributed by atoms with van der Waals surface area (Å²) < 4.78 is 147. The topological polar surface area (TPSA) is 114 Å². The second-order valence-corrected chi connectivity index (χ2v) is 11.8. The highest BCUT2D eigenvalue weighted by atomic mass is 32.2. The summed E-state index contributed by atoms with van der Waals surface area (Å²) in [4.78, 5) is 4.99. The lowest BCUT2D eigenvalue weighted by Crippen LogP contribution is -2.24. The Kier molecular flexibility index (Phi) is 7.28. The Morgan fingerprint density at radius 2 is 1.25 bits per heavy atom. The van der Waals surface area contributed by atoms with E-state index >= 15 is 0 Å². The first-order valence-corrected chi connectivity index (χ1v) is 14.2. The zero-order valence-corrected chi connectivity index (χ0v) is 21.6. The van der Waals surface area contributed by atoms with E-state index in [1.807, 2.05) is 0 Å². The molecule has 0 aliphatic heterocycles. The van der Waals surface area contributed by atoms with Gasteiger partial charge in [-0.25, -0.2) is 18.4 Å². The molecule has 0 saturated heterocycles. The standard InChI is InChI=1S/C25H16F6N2O5S2/c1-39(34,35)16-9-7-15(8-10-16)19-18(14-5-3-2-4-6-14)20(17-11-12-32-13-33-17)21(24(26,27)28)22(25(29,30)31)23(19)40(36,37)38/h2-13H,1H3,(H,36,37,38). The van der Waals surface area contributed by atoms with E-state index in [2.05, 4.69) is 9.97 Å². The van der Waals surface area contributed by atoms with Gasteiger partial charge in [0.05, 0.1) is 21.7 Å². The van der Waals surface area contributed by atoms with E-state index in [0.29, 0.717) is 0 Å². The van der Waals surface area contributed by atoms with Gasteiger partial charge >= 0.3 is 12.4 Å². The van der Waals surface area contributed by atoms with E-state index in [4.69, 9.17) is 0 Å². The molecule has 4 aromatic rings. The number of sulfone groups is 1. The zero-order chi connectivity index (χ0) is 29.7. The Morgan fingerprint density at radius 1 is 0.700 bits per heavy atom. The maximum Gasteiger partial charge on any atom is 0.418 e. The van der Waals surface area contributed by atoms with Crippen molar-refractivity contribution in [3.63, 3.8) is 0 Å². The fourth-order valence-electron chi connectivity index (χ4n) is 4.27. The summed E-state index contributed by atoms with van der Waals surface area (Å²) in [5.74, 6) is 0. The van der Waals surface area contributed by atoms with Gasteiger partial charge in [-0.1, -0.05) is 42.5 Å². The van der Waals surface area contributed by atoms with Crippen molar-refractivity contribution in [2.75, 3.05) is 6.26 Å². The minimum absolute atomic E-state index is 0.151. The lowest BCUT2D eigenvalue weighted by atomic mass is 9.83. The van der Waals surface area contributed by atoms with Crippen molar-refractivity contribution < 1.29 is 47.7 Å². The predicted octanol–water partition coefficient (Wildman–Crippen LogP) is 6.17. The third-order valence-electron chi connectivity index (χ3n) is 5.75. The molecule has 0 atom stereocenters. The molecule has 0 aliphatic rings. The second kappa shape index (κ2) is 9.98. The van der Waals surface area contributed by atoms with Crippen molar-refractivity contribution in [1.82, 2.24) is 9.97 Å². The molecular weight excluding hydrogens is 586 g/mol. The molecule has 1 heterocycles. The fraction of sp³-hybridized carbons (Fsp3) is 0.120. The van der Waals surface area contributed by atoms with Crippen molar-refractivity contribution in [2.45, 2.75) is 22.1 Å². The normalized spacial score (nSPS) is 12.9. The maximum absolute atomic E-state index is 14.6. The summed E-state index contributed by atoms with van der Waals surface area (Å²) in [6.07, 6.45) is -9.12. The van der Waals surface area contributed by atoms with Crippen molar-refractivity contribution in [3.8, 4) is 33.5 Å². The van der Waals surface area contributed by atoms with Gasteiger partial charge in [0.15, 0.2) is 9.84 Å². The molecule has 210 valence electrons. The summed E-state index contributed by atoms with van der Waals surface area (Å²) in [5, 5.41) is 0. The molecule has 15 heteroatoms. The zero-order valence-electron chi connectivity index (χ0n) is 20.0. The number of aromatic nitrogens is 2. The van der Waals surface area contributed by atoms with Gasteiger partial charge < -0.3 is 0 Å². The molecule has 40 heavy (non-hydrogen) atoms. The van der Waals surface area contributed by atoms with Gasteiger partial charge in [0, 0.05) is 29.1 Å². The Labute approximate surface area is 223 Å². The number of nitrogens with zero attached hydrogens (tertiary/aromatic N) is 2. The molecule has 0 amide bonds. The lowest BCUT2D eigenvalue weighted by Gasteiger charge is -2.27. The van der Waals surface area contributed by atoms with Crippen LogP contribution in [-0.2, 0) is 32.3 Å². The largest absolute Gasteiger partial charge is 0.418 e. The number of halogens is 6.